The predicted octanol–water partition coefficient (Wildman–Crippen LogP) is 4.71. The Bertz CT molecular complexity index is 782. The summed E-state index contributed by atoms with van der Waals surface area (Å²) in [4.78, 5) is 14.4. The molecular weight excluding hydrogens is 360 g/mol. The minimum atomic E-state index is -4.66. The van der Waals surface area contributed by atoms with E-state index in [4.69, 9.17) is 34.0 Å². The van der Waals surface area contributed by atoms with Crippen molar-refractivity contribution in [2.45, 2.75) is 6.18 Å². The molecule has 0 spiro atoms. The third-order valence-electron chi connectivity index (χ3n) is 2.71. The number of nitrogens with zero attached hydrogens (tertiary/aromatic N) is 1. The molecule has 0 radical (unpaired) electrons. The smallest absolute Gasteiger partial charge is 0.449 e. The lowest BCUT2D eigenvalue weighted by atomic mass is 10.1. The third-order valence-corrected chi connectivity index (χ3v) is 3.42. The third kappa shape index (κ3) is 3.77. The van der Waals surface area contributed by atoms with E-state index in [0.717, 1.165) is 12.1 Å². The molecule has 122 valence electrons. The molecule has 0 amide bonds. The van der Waals surface area contributed by atoms with Gasteiger partial charge in [-0.25, -0.2) is 9.78 Å². The second kappa shape index (κ2) is 6.13. The van der Waals surface area contributed by atoms with Crippen molar-refractivity contribution in [3.8, 4) is 17.1 Å². The molecule has 0 fully saturated rings. The molecule has 10 heteroatoms. The first kappa shape index (κ1) is 17.2. The summed E-state index contributed by atoms with van der Waals surface area (Å²) in [6.45, 7) is 0. The van der Waals surface area contributed by atoms with Crippen molar-refractivity contribution in [1.29, 1.82) is 0 Å². The van der Waals surface area contributed by atoms with Crippen molar-refractivity contribution in [3.05, 3.63) is 39.9 Å². The number of nitrogen functional groups attached to an aromatic ring is 1. The summed E-state index contributed by atoms with van der Waals surface area (Å²) >= 11 is 11.3. The molecule has 1 heterocycles. The van der Waals surface area contributed by atoms with Gasteiger partial charge in [-0.15, -0.1) is 0 Å². The number of aromatic nitrogens is 1. The summed E-state index contributed by atoms with van der Waals surface area (Å²) in [5.41, 5.74) is 4.40. The van der Waals surface area contributed by atoms with Gasteiger partial charge < -0.3 is 15.6 Å². The SMILES string of the molecule is Nc1cc(-c2ccc(Cl)c(C(F)(F)F)c2)nc(OC(=O)O)c1Cl. The molecule has 0 bridgehead atoms. The quantitative estimate of drug-likeness (QED) is 0.751. The summed E-state index contributed by atoms with van der Waals surface area (Å²) in [5.74, 6) is -0.530. The fourth-order valence-corrected chi connectivity index (χ4v) is 2.09. The number of ether oxygens (including phenoxy) is 1. The molecular formula is C13H7Cl2F3N2O3. The van der Waals surface area contributed by atoms with Crippen LogP contribution in [0.2, 0.25) is 10.0 Å². The van der Waals surface area contributed by atoms with E-state index >= 15 is 0 Å². The Morgan fingerprint density at radius 2 is 1.91 bits per heavy atom. The van der Waals surface area contributed by atoms with Crippen LogP contribution in [-0.4, -0.2) is 16.2 Å². The van der Waals surface area contributed by atoms with Gasteiger partial charge in [-0.2, -0.15) is 13.2 Å². The number of carboxylic acid groups (broad SMARTS) is 1. The molecule has 0 unspecified atom stereocenters. The van der Waals surface area contributed by atoms with Crippen molar-refractivity contribution >= 4 is 35.0 Å². The lowest BCUT2D eigenvalue weighted by Gasteiger charge is -2.12. The summed E-state index contributed by atoms with van der Waals surface area (Å²) in [5, 5.41) is 7.86. The van der Waals surface area contributed by atoms with E-state index in [1.54, 1.807) is 0 Å². The lowest BCUT2D eigenvalue weighted by molar-refractivity contribution is -0.137. The zero-order chi connectivity index (χ0) is 17.4. The molecule has 2 rings (SSSR count). The molecule has 0 aliphatic rings. The maximum absolute atomic E-state index is 12.9. The number of anilines is 1. The number of pyridine rings is 1. The molecule has 1 aromatic heterocycles. The molecule has 0 atom stereocenters. The first-order valence-electron chi connectivity index (χ1n) is 5.83. The van der Waals surface area contributed by atoms with Gasteiger partial charge in [-0.3, -0.25) is 0 Å². The van der Waals surface area contributed by atoms with E-state index in [2.05, 4.69) is 9.72 Å². The van der Waals surface area contributed by atoms with E-state index in [1.165, 1.54) is 12.1 Å². The van der Waals surface area contributed by atoms with Gasteiger partial charge in [0.1, 0.15) is 5.02 Å². The topological polar surface area (TPSA) is 85.4 Å². The highest BCUT2D eigenvalue weighted by Crippen LogP contribution is 2.38. The van der Waals surface area contributed by atoms with Crippen LogP contribution >= 0.6 is 23.2 Å². The molecule has 23 heavy (non-hydrogen) atoms. The zero-order valence-electron chi connectivity index (χ0n) is 11.0. The van der Waals surface area contributed by atoms with E-state index in [9.17, 15) is 18.0 Å². The van der Waals surface area contributed by atoms with Crippen LogP contribution in [-0.2, 0) is 6.18 Å². The summed E-state index contributed by atoms with van der Waals surface area (Å²) in [6, 6.07) is 4.28. The second-order valence-electron chi connectivity index (χ2n) is 4.28. The molecule has 1 aromatic carbocycles. The first-order valence-corrected chi connectivity index (χ1v) is 6.59. The standard InChI is InChI=1S/C13H7Cl2F3N2O3/c14-7-2-1-5(3-6(7)13(16,17)18)9-4-8(19)10(15)11(20-9)23-12(21)22/h1-4H,(H2,19,20)(H,21,22). The Kier molecular flexibility index (Phi) is 4.58. The minimum Gasteiger partial charge on any atom is -0.449 e. The van der Waals surface area contributed by atoms with Crippen molar-refractivity contribution in [3.63, 3.8) is 0 Å². The van der Waals surface area contributed by atoms with Gasteiger partial charge in [0.25, 0.3) is 0 Å². The van der Waals surface area contributed by atoms with Crippen LogP contribution in [0.4, 0.5) is 23.7 Å². The zero-order valence-corrected chi connectivity index (χ0v) is 12.5. The number of carbonyl (C=O) groups is 1. The Balaban J connectivity index is 2.59. The highest BCUT2D eigenvalue weighted by Gasteiger charge is 2.33. The van der Waals surface area contributed by atoms with Crippen molar-refractivity contribution in [1.82, 2.24) is 4.98 Å². The number of nitrogens with two attached hydrogens (primary N) is 1. The predicted molar refractivity (Wildman–Crippen MR) is 77.8 cm³/mol. The molecule has 0 saturated heterocycles. The van der Waals surface area contributed by atoms with Gasteiger partial charge in [-0.05, 0) is 18.2 Å². The van der Waals surface area contributed by atoms with Gasteiger partial charge in [-0.1, -0.05) is 29.3 Å². The van der Waals surface area contributed by atoms with Crippen LogP contribution < -0.4 is 10.5 Å². The Morgan fingerprint density at radius 1 is 1.26 bits per heavy atom. The second-order valence-corrected chi connectivity index (χ2v) is 5.06. The van der Waals surface area contributed by atoms with E-state index in [-0.39, 0.29) is 22.0 Å². The number of hydrogen-bond acceptors (Lipinski definition) is 4. The Labute approximate surface area is 137 Å². The Hall–Kier alpha value is -2.19. The van der Waals surface area contributed by atoms with Crippen molar-refractivity contribution < 1.29 is 27.8 Å². The molecule has 3 N–H and O–H groups in total. The summed E-state index contributed by atoms with van der Waals surface area (Å²) in [6.07, 6.45) is -6.35. The highest BCUT2D eigenvalue weighted by molar-refractivity contribution is 6.34. The van der Waals surface area contributed by atoms with Gasteiger partial charge in [0, 0.05) is 5.56 Å². The molecule has 0 aliphatic heterocycles. The van der Waals surface area contributed by atoms with Gasteiger partial charge >= 0.3 is 12.3 Å². The summed E-state index contributed by atoms with van der Waals surface area (Å²) in [7, 11) is 0. The van der Waals surface area contributed by atoms with Crippen LogP contribution in [0, 0.1) is 0 Å². The van der Waals surface area contributed by atoms with Gasteiger partial charge in [0.05, 0.1) is 22.0 Å². The average Bonchev–Trinajstić information content (AvgIpc) is 2.42. The molecule has 0 saturated carbocycles. The monoisotopic (exact) mass is 366 g/mol. The molecule has 0 aliphatic carbocycles. The van der Waals surface area contributed by atoms with Crippen LogP contribution in [0.5, 0.6) is 5.88 Å². The van der Waals surface area contributed by atoms with Crippen molar-refractivity contribution in [2.24, 2.45) is 0 Å². The fraction of sp³-hybridized carbons (Fsp3) is 0.0769. The number of alkyl halides is 3. The number of halogens is 5. The normalized spacial score (nSPS) is 11.3. The van der Waals surface area contributed by atoms with E-state index < -0.39 is 28.8 Å². The molecule has 2 aromatic rings. The maximum Gasteiger partial charge on any atom is 0.512 e. The van der Waals surface area contributed by atoms with Crippen LogP contribution in [0.25, 0.3) is 11.3 Å². The fourth-order valence-electron chi connectivity index (χ4n) is 1.72. The number of rotatable bonds is 2. The highest BCUT2D eigenvalue weighted by atomic mass is 35.5. The lowest BCUT2D eigenvalue weighted by Crippen LogP contribution is -2.08. The Morgan fingerprint density at radius 3 is 2.48 bits per heavy atom. The first-order chi connectivity index (χ1) is 10.6. The number of benzene rings is 1. The van der Waals surface area contributed by atoms with Crippen molar-refractivity contribution in [2.75, 3.05) is 5.73 Å². The van der Waals surface area contributed by atoms with Crippen LogP contribution in [0.1, 0.15) is 5.56 Å². The minimum absolute atomic E-state index is 0.0142. The van der Waals surface area contributed by atoms with E-state index in [0.29, 0.717) is 0 Å². The number of hydrogen-bond donors (Lipinski definition) is 2. The maximum atomic E-state index is 12.9. The van der Waals surface area contributed by atoms with Gasteiger partial charge in [0.15, 0.2) is 0 Å². The summed E-state index contributed by atoms with van der Waals surface area (Å²) < 4.78 is 43.0. The largest absolute Gasteiger partial charge is 0.512 e. The molecule has 5 nitrogen and oxygen atoms in total. The van der Waals surface area contributed by atoms with Crippen LogP contribution in [0.15, 0.2) is 24.3 Å². The average molecular weight is 367 g/mol. The van der Waals surface area contributed by atoms with Gasteiger partial charge in [0.2, 0.25) is 5.88 Å². The van der Waals surface area contributed by atoms with Crippen LogP contribution in [0.3, 0.4) is 0 Å². The van der Waals surface area contributed by atoms with E-state index in [1.807, 2.05) is 0 Å².